The van der Waals surface area contributed by atoms with Gasteiger partial charge < -0.3 is 0 Å². The van der Waals surface area contributed by atoms with Crippen molar-refractivity contribution in [1.29, 1.82) is 0 Å². The first kappa shape index (κ1) is 12.2. The largest absolute Gasteiger partial charge is 0.294 e. The number of rotatable bonds is 4. The summed E-state index contributed by atoms with van der Waals surface area (Å²) in [6.45, 7) is 7.83. The van der Waals surface area contributed by atoms with Crippen molar-refractivity contribution < 1.29 is 4.79 Å². The molecule has 0 aliphatic carbocycles. The van der Waals surface area contributed by atoms with E-state index < -0.39 is 0 Å². The Bertz CT molecular complexity index is 394. The van der Waals surface area contributed by atoms with Crippen LogP contribution in [0.1, 0.15) is 35.7 Å². The Morgan fingerprint density at radius 1 is 1.47 bits per heavy atom. The maximum atomic E-state index is 11.9. The number of halogens is 1. The van der Waals surface area contributed by atoms with Gasteiger partial charge in [0.1, 0.15) is 0 Å². The van der Waals surface area contributed by atoms with Gasteiger partial charge in [-0.05, 0) is 31.0 Å². The minimum Gasteiger partial charge on any atom is -0.294 e. The molecule has 2 heteroatoms. The van der Waals surface area contributed by atoms with Crippen molar-refractivity contribution in [3.8, 4) is 0 Å². The zero-order valence-corrected chi connectivity index (χ0v) is 10.7. The molecule has 0 bridgehead atoms. The number of benzene rings is 1. The molecular formula is C13H15BrO. The van der Waals surface area contributed by atoms with Gasteiger partial charge in [-0.1, -0.05) is 41.1 Å². The highest BCUT2D eigenvalue weighted by Gasteiger charge is 2.10. The highest BCUT2D eigenvalue weighted by atomic mass is 79.9. The molecule has 1 nitrogen and oxygen atoms in total. The number of allylic oxidation sites excluding steroid dienone is 1. The maximum Gasteiger partial charge on any atom is 0.167 e. The number of hydrogen-bond acceptors (Lipinski definition) is 1. The second-order valence-electron chi connectivity index (χ2n) is 3.66. The predicted molar refractivity (Wildman–Crippen MR) is 67.3 cm³/mol. The van der Waals surface area contributed by atoms with Crippen LogP contribution in [-0.2, 0) is 0 Å². The lowest BCUT2D eigenvalue weighted by Gasteiger charge is -2.06. The molecule has 1 rings (SSSR count). The zero-order valence-electron chi connectivity index (χ0n) is 9.14. The molecule has 0 heterocycles. The summed E-state index contributed by atoms with van der Waals surface area (Å²) in [4.78, 5) is 11.9. The zero-order chi connectivity index (χ0) is 11.4. The van der Waals surface area contributed by atoms with Gasteiger partial charge in [0.25, 0.3) is 0 Å². The topological polar surface area (TPSA) is 17.1 Å². The van der Waals surface area contributed by atoms with E-state index in [-0.39, 0.29) is 5.78 Å². The highest BCUT2D eigenvalue weighted by Crippen LogP contribution is 2.19. The van der Waals surface area contributed by atoms with Gasteiger partial charge in [-0.2, -0.15) is 0 Å². The fourth-order valence-corrected chi connectivity index (χ4v) is 1.70. The molecule has 0 saturated heterocycles. The molecule has 0 spiro atoms. The van der Waals surface area contributed by atoms with Crippen molar-refractivity contribution in [1.82, 2.24) is 0 Å². The van der Waals surface area contributed by atoms with E-state index in [1.54, 1.807) is 0 Å². The van der Waals surface area contributed by atoms with E-state index in [0.29, 0.717) is 6.42 Å². The first-order valence-corrected chi connectivity index (χ1v) is 5.80. The predicted octanol–water partition coefficient (Wildman–Crippen LogP) is 4.30. The Balaban J connectivity index is 2.91. The SMILES string of the molecule is C=C(CC)CC(=O)c1cc(Br)ccc1C. The van der Waals surface area contributed by atoms with Crippen LogP contribution in [-0.4, -0.2) is 5.78 Å². The summed E-state index contributed by atoms with van der Waals surface area (Å²) in [5.41, 5.74) is 2.80. The van der Waals surface area contributed by atoms with Crippen molar-refractivity contribution in [2.75, 3.05) is 0 Å². The molecule has 0 atom stereocenters. The quantitative estimate of drug-likeness (QED) is 0.587. The smallest absolute Gasteiger partial charge is 0.167 e. The lowest BCUT2D eigenvalue weighted by molar-refractivity contribution is 0.0991. The van der Waals surface area contributed by atoms with Crippen molar-refractivity contribution in [2.24, 2.45) is 0 Å². The molecule has 0 aliphatic heterocycles. The number of ketones is 1. The molecule has 15 heavy (non-hydrogen) atoms. The summed E-state index contributed by atoms with van der Waals surface area (Å²) in [5, 5.41) is 0. The van der Waals surface area contributed by atoms with E-state index in [9.17, 15) is 4.79 Å². The fraction of sp³-hybridized carbons (Fsp3) is 0.308. The van der Waals surface area contributed by atoms with Crippen LogP contribution >= 0.6 is 15.9 Å². The van der Waals surface area contributed by atoms with Crippen LogP contribution in [0.15, 0.2) is 34.8 Å². The summed E-state index contributed by atoms with van der Waals surface area (Å²) in [6.07, 6.45) is 1.31. The van der Waals surface area contributed by atoms with E-state index in [2.05, 4.69) is 22.5 Å². The fourth-order valence-electron chi connectivity index (χ4n) is 1.34. The summed E-state index contributed by atoms with van der Waals surface area (Å²) >= 11 is 3.37. The van der Waals surface area contributed by atoms with Gasteiger partial charge in [-0.25, -0.2) is 0 Å². The third-order valence-electron chi connectivity index (χ3n) is 2.41. The lowest BCUT2D eigenvalue weighted by Crippen LogP contribution is -2.02. The third-order valence-corrected chi connectivity index (χ3v) is 2.90. The number of aryl methyl sites for hydroxylation is 1. The summed E-state index contributed by atoms with van der Waals surface area (Å²) in [7, 11) is 0. The summed E-state index contributed by atoms with van der Waals surface area (Å²) in [5.74, 6) is 0.153. The van der Waals surface area contributed by atoms with Gasteiger partial charge in [0.2, 0.25) is 0 Å². The van der Waals surface area contributed by atoms with Crippen LogP contribution in [0, 0.1) is 6.92 Å². The minimum atomic E-state index is 0.153. The third kappa shape index (κ3) is 3.31. The van der Waals surface area contributed by atoms with Crippen LogP contribution in [0.25, 0.3) is 0 Å². The van der Waals surface area contributed by atoms with Gasteiger partial charge in [0, 0.05) is 16.5 Å². The first-order chi connectivity index (χ1) is 7.04. The number of hydrogen-bond donors (Lipinski definition) is 0. The van der Waals surface area contributed by atoms with Crippen LogP contribution < -0.4 is 0 Å². The van der Waals surface area contributed by atoms with Crippen molar-refractivity contribution >= 4 is 21.7 Å². The van der Waals surface area contributed by atoms with Crippen molar-refractivity contribution in [3.05, 3.63) is 46.0 Å². The Kier molecular flexibility index (Phi) is 4.28. The van der Waals surface area contributed by atoms with Gasteiger partial charge >= 0.3 is 0 Å². The molecular weight excluding hydrogens is 252 g/mol. The minimum absolute atomic E-state index is 0.153. The molecule has 0 aromatic heterocycles. The van der Waals surface area contributed by atoms with E-state index in [1.807, 2.05) is 32.0 Å². The Hall–Kier alpha value is -0.890. The maximum absolute atomic E-state index is 11.9. The second kappa shape index (κ2) is 5.26. The first-order valence-electron chi connectivity index (χ1n) is 5.00. The average Bonchev–Trinajstić information content (AvgIpc) is 2.21. The van der Waals surface area contributed by atoms with E-state index in [0.717, 1.165) is 27.6 Å². The number of carbonyl (C=O) groups is 1. The molecule has 0 radical (unpaired) electrons. The van der Waals surface area contributed by atoms with Crippen LogP contribution in [0.4, 0.5) is 0 Å². The normalized spacial score (nSPS) is 10.1. The molecule has 0 saturated carbocycles. The Morgan fingerprint density at radius 2 is 2.13 bits per heavy atom. The molecule has 1 aromatic rings. The molecule has 0 fully saturated rings. The molecule has 0 amide bonds. The van der Waals surface area contributed by atoms with E-state index in [4.69, 9.17) is 0 Å². The van der Waals surface area contributed by atoms with E-state index >= 15 is 0 Å². The standard InChI is InChI=1S/C13H15BrO/c1-4-9(2)7-13(15)12-8-11(14)6-5-10(12)3/h5-6,8H,2,4,7H2,1,3H3. The lowest BCUT2D eigenvalue weighted by atomic mass is 9.99. The second-order valence-corrected chi connectivity index (χ2v) is 4.58. The van der Waals surface area contributed by atoms with Gasteiger partial charge in [-0.15, -0.1) is 0 Å². The molecule has 80 valence electrons. The van der Waals surface area contributed by atoms with Crippen molar-refractivity contribution in [2.45, 2.75) is 26.7 Å². The summed E-state index contributed by atoms with van der Waals surface area (Å²) in [6, 6.07) is 5.77. The highest BCUT2D eigenvalue weighted by molar-refractivity contribution is 9.10. The Labute approximate surface area is 99.3 Å². The molecule has 0 aliphatic rings. The average molecular weight is 267 g/mol. The molecule has 0 N–H and O–H groups in total. The summed E-state index contributed by atoms with van der Waals surface area (Å²) < 4.78 is 0.943. The van der Waals surface area contributed by atoms with Gasteiger partial charge in [-0.3, -0.25) is 4.79 Å². The van der Waals surface area contributed by atoms with Crippen LogP contribution in [0.2, 0.25) is 0 Å². The van der Waals surface area contributed by atoms with Crippen molar-refractivity contribution in [3.63, 3.8) is 0 Å². The van der Waals surface area contributed by atoms with Crippen LogP contribution in [0.5, 0.6) is 0 Å². The number of carbonyl (C=O) groups excluding carboxylic acids is 1. The monoisotopic (exact) mass is 266 g/mol. The molecule has 0 unspecified atom stereocenters. The van der Waals surface area contributed by atoms with Crippen LogP contribution in [0.3, 0.4) is 0 Å². The van der Waals surface area contributed by atoms with Gasteiger partial charge in [0.05, 0.1) is 0 Å². The molecule has 1 aromatic carbocycles. The Morgan fingerprint density at radius 3 is 2.73 bits per heavy atom. The number of Topliss-reactive ketones (excluding diaryl/α,β-unsaturated/α-hetero) is 1. The van der Waals surface area contributed by atoms with E-state index in [1.165, 1.54) is 0 Å². The van der Waals surface area contributed by atoms with Gasteiger partial charge in [0.15, 0.2) is 5.78 Å².